The lowest BCUT2D eigenvalue weighted by Gasteiger charge is -2.17. The minimum absolute atomic E-state index is 0.505. The lowest BCUT2D eigenvalue weighted by molar-refractivity contribution is 0.109. The van der Waals surface area contributed by atoms with Gasteiger partial charge in [-0.15, -0.1) is 0 Å². The van der Waals surface area contributed by atoms with Gasteiger partial charge in [0.25, 0.3) is 0 Å². The largest absolute Gasteiger partial charge is 0.383 e. The molecule has 0 fully saturated rings. The van der Waals surface area contributed by atoms with E-state index in [1.165, 1.54) is 0 Å². The summed E-state index contributed by atoms with van der Waals surface area (Å²) in [5.74, 6) is 1.13. The van der Waals surface area contributed by atoms with E-state index in [9.17, 15) is 0 Å². The lowest BCUT2D eigenvalue weighted by atomic mass is 10.1. The van der Waals surface area contributed by atoms with E-state index in [4.69, 9.17) is 10.5 Å². The molecule has 88 valence electrons. The molecule has 0 unspecified atom stereocenters. The van der Waals surface area contributed by atoms with E-state index in [-0.39, 0.29) is 0 Å². The number of aryl methyl sites for hydroxylation is 1. The molecule has 0 aromatic carbocycles. The summed E-state index contributed by atoms with van der Waals surface area (Å²) in [7, 11) is 1.86. The predicted molar refractivity (Wildman–Crippen MR) is 62.0 cm³/mol. The number of ether oxygens (including phenoxy) is 1. The summed E-state index contributed by atoms with van der Waals surface area (Å²) in [5.41, 5.74) is 8.71. The molecule has 0 amide bonds. The van der Waals surface area contributed by atoms with Crippen molar-refractivity contribution < 1.29 is 4.74 Å². The van der Waals surface area contributed by atoms with Crippen molar-refractivity contribution in [3.8, 4) is 11.5 Å². The number of aromatic nitrogens is 4. The molecule has 17 heavy (non-hydrogen) atoms. The van der Waals surface area contributed by atoms with Gasteiger partial charge in [0.15, 0.2) is 5.82 Å². The summed E-state index contributed by atoms with van der Waals surface area (Å²) in [6.45, 7) is 1.20. The van der Waals surface area contributed by atoms with Crippen LogP contribution in [0.4, 0.5) is 5.82 Å². The highest BCUT2D eigenvalue weighted by atomic mass is 16.5. The Kier molecular flexibility index (Phi) is 2.29. The van der Waals surface area contributed by atoms with Gasteiger partial charge in [-0.05, 0) is 6.07 Å². The zero-order valence-corrected chi connectivity index (χ0v) is 9.55. The number of hydrogen-bond acceptors (Lipinski definition) is 5. The number of anilines is 1. The van der Waals surface area contributed by atoms with Crippen molar-refractivity contribution in [3.05, 3.63) is 23.5 Å². The Hall–Kier alpha value is -1.95. The molecule has 0 atom stereocenters. The molecular weight excluding hydrogens is 218 g/mol. The average Bonchev–Trinajstić information content (AvgIpc) is 2.75. The Morgan fingerprint density at radius 1 is 1.41 bits per heavy atom. The van der Waals surface area contributed by atoms with Crippen LogP contribution in [-0.4, -0.2) is 26.4 Å². The van der Waals surface area contributed by atoms with Gasteiger partial charge in [-0.1, -0.05) is 0 Å². The van der Waals surface area contributed by atoms with Crippen LogP contribution in [0, 0.1) is 0 Å². The zero-order valence-electron chi connectivity index (χ0n) is 9.55. The number of nitrogen functional groups attached to an aromatic ring is 1. The monoisotopic (exact) mass is 231 g/mol. The molecule has 0 radical (unpaired) electrons. The van der Waals surface area contributed by atoms with E-state index in [0.717, 1.165) is 23.4 Å². The maximum atomic E-state index is 5.94. The zero-order chi connectivity index (χ0) is 11.8. The molecule has 1 aliphatic rings. The molecule has 0 bridgehead atoms. The molecule has 6 heteroatoms. The van der Waals surface area contributed by atoms with Gasteiger partial charge in [0.05, 0.1) is 18.9 Å². The van der Waals surface area contributed by atoms with Gasteiger partial charge in [0, 0.05) is 25.2 Å². The van der Waals surface area contributed by atoms with Gasteiger partial charge >= 0.3 is 0 Å². The smallest absolute Gasteiger partial charge is 0.180 e. The highest BCUT2D eigenvalue weighted by Crippen LogP contribution is 2.23. The quantitative estimate of drug-likeness (QED) is 0.774. The van der Waals surface area contributed by atoms with Gasteiger partial charge in [0.1, 0.15) is 11.5 Å². The first kappa shape index (κ1) is 10.2. The maximum absolute atomic E-state index is 5.94. The van der Waals surface area contributed by atoms with Gasteiger partial charge in [-0.3, -0.25) is 4.68 Å². The minimum atomic E-state index is 0.505. The van der Waals surface area contributed by atoms with Crippen LogP contribution >= 0.6 is 0 Å². The highest BCUT2D eigenvalue weighted by molar-refractivity contribution is 5.55. The summed E-state index contributed by atoms with van der Waals surface area (Å²) in [4.78, 5) is 8.86. The fraction of sp³-hybridized carbons (Fsp3) is 0.364. The first-order valence-corrected chi connectivity index (χ1v) is 5.47. The van der Waals surface area contributed by atoms with Gasteiger partial charge in [-0.25, -0.2) is 9.97 Å². The summed E-state index contributed by atoms with van der Waals surface area (Å²) in [6.07, 6.45) is 2.50. The number of fused-ring (bicyclic) bond motifs is 1. The SMILES string of the molecule is Cn1nccc1-c1nc(N)c2c(n1)CCOC2. The van der Waals surface area contributed by atoms with E-state index in [1.807, 2.05) is 13.1 Å². The van der Waals surface area contributed by atoms with Gasteiger partial charge in [-0.2, -0.15) is 5.10 Å². The van der Waals surface area contributed by atoms with Crippen LogP contribution in [0.25, 0.3) is 11.5 Å². The van der Waals surface area contributed by atoms with Crippen LogP contribution in [0.2, 0.25) is 0 Å². The van der Waals surface area contributed by atoms with Crippen molar-refractivity contribution in [2.75, 3.05) is 12.3 Å². The third kappa shape index (κ3) is 1.66. The molecule has 0 saturated carbocycles. The van der Waals surface area contributed by atoms with Crippen molar-refractivity contribution >= 4 is 5.82 Å². The molecule has 2 aromatic rings. The number of nitrogens with two attached hydrogens (primary N) is 1. The van der Waals surface area contributed by atoms with Crippen LogP contribution in [0.5, 0.6) is 0 Å². The molecule has 1 aliphatic heterocycles. The van der Waals surface area contributed by atoms with Crippen LogP contribution in [0.1, 0.15) is 11.3 Å². The van der Waals surface area contributed by atoms with Crippen molar-refractivity contribution in [1.29, 1.82) is 0 Å². The summed E-state index contributed by atoms with van der Waals surface area (Å²) in [5, 5.41) is 4.11. The van der Waals surface area contributed by atoms with Crippen LogP contribution in [0.15, 0.2) is 12.3 Å². The summed E-state index contributed by atoms with van der Waals surface area (Å²) in [6, 6.07) is 1.88. The second-order valence-electron chi connectivity index (χ2n) is 4.00. The average molecular weight is 231 g/mol. The van der Waals surface area contributed by atoms with E-state index < -0.39 is 0 Å². The molecule has 0 aliphatic carbocycles. The van der Waals surface area contributed by atoms with Crippen LogP contribution < -0.4 is 5.73 Å². The number of rotatable bonds is 1. The third-order valence-electron chi connectivity index (χ3n) is 2.90. The van der Waals surface area contributed by atoms with E-state index in [0.29, 0.717) is 24.9 Å². The lowest BCUT2D eigenvalue weighted by Crippen LogP contribution is -2.16. The minimum Gasteiger partial charge on any atom is -0.383 e. The predicted octanol–water partition coefficient (Wildman–Crippen LogP) is 0.532. The molecule has 3 rings (SSSR count). The van der Waals surface area contributed by atoms with Crippen molar-refractivity contribution in [2.24, 2.45) is 7.05 Å². The number of nitrogens with zero attached hydrogens (tertiary/aromatic N) is 4. The fourth-order valence-corrected chi connectivity index (χ4v) is 1.96. The fourth-order valence-electron chi connectivity index (χ4n) is 1.96. The summed E-state index contributed by atoms with van der Waals surface area (Å²) >= 11 is 0. The second-order valence-corrected chi connectivity index (χ2v) is 4.00. The van der Waals surface area contributed by atoms with E-state index in [2.05, 4.69) is 15.1 Å². The molecule has 2 N–H and O–H groups in total. The van der Waals surface area contributed by atoms with Crippen LogP contribution in [0.3, 0.4) is 0 Å². The Balaban J connectivity index is 2.14. The van der Waals surface area contributed by atoms with E-state index >= 15 is 0 Å². The Morgan fingerprint density at radius 3 is 3.06 bits per heavy atom. The standard InChI is InChI=1S/C11H13N5O/c1-16-9(2-4-13-16)11-14-8-3-5-17-6-7(8)10(12)15-11/h2,4H,3,5-6H2,1H3,(H2,12,14,15). The molecule has 0 saturated heterocycles. The van der Waals surface area contributed by atoms with E-state index in [1.54, 1.807) is 10.9 Å². The topological polar surface area (TPSA) is 78.9 Å². The molecule has 6 nitrogen and oxygen atoms in total. The molecular formula is C11H13N5O. The van der Waals surface area contributed by atoms with Gasteiger partial charge < -0.3 is 10.5 Å². The second kappa shape index (κ2) is 3.81. The first-order valence-electron chi connectivity index (χ1n) is 5.47. The Bertz CT molecular complexity index is 563. The van der Waals surface area contributed by atoms with Crippen molar-refractivity contribution in [1.82, 2.24) is 19.7 Å². The molecule has 0 spiro atoms. The third-order valence-corrected chi connectivity index (χ3v) is 2.90. The highest BCUT2D eigenvalue weighted by Gasteiger charge is 2.18. The van der Waals surface area contributed by atoms with Crippen molar-refractivity contribution in [3.63, 3.8) is 0 Å². The first-order chi connectivity index (χ1) is 8.25. The Labute approximate surface area is 98.4 Å². The Morgan fingerprint density at radius 2 is 2.29 bits per heavy atom. The molecule has 2 aromatic heterocycles. The van der Waals surface area contributed by atoms with Crippen molar-refractivity contribution in [2.45, 2.75) is 13.0 Å². The molecule has 3 heterocycles. The summed E-state index contributed by atoms with van der Waals surface area (Å²) < 4.78 is 7.09. The van der Waals surface area contributed by atoms with Crippen LogP contribution in [-0.2, 0) is 24.8 Å². The maximum Gasteiger partial charge on any atom is 0.180 e. The number of hydrogen-bond donors (Lipinski definition) is 1. The van der Waals surface area contributed by atoms with Gasteiger partial charge in [0.2, 0.25) is 0 Å². The normalized spacial score (nSPS) is 14.6.